The van der Waals surface area contributed by atoms with Crippen LogP contribution in [-0.2, 0) is 41.2 Å². The van der Waals surface area contributed by atoms with Crippen LogP contribution in [0.4, 0.5) is 0 Å². The maximum Gasteiger partial charge on any atom is 0.286 e. The molecule has 20 heavy (non-hydrogen) atoms. The summed E-state index contributed by atoms with van der Waals surface area (Å²) in [7, 11) is -7.24. The van der Waals surface area contributed by atoms with E-state index >= 15 is 0 Å². The molecular formula is H20O10Si10. The molecule has 0 amide bonds. The molecule has 0 saturated carbocycles. The van der Waals surface area contributed by atoms with Gasteiger partial charge in [0.25, 0.3) is 100 Å². The van der Waals surface area contributed by atoms with Gasteiger partial charge < -0.3 is 41.2 Å². The highest BCUT2D eigenvalue weighted by molar-refractivity contribution is 6.51. The lowest BCUT2D eigenvalue weighted by Gasteiger charge is -2.10. The Morgan fingerprint density at radius 1 is 0.200 bits per heavy atom. The van der Waals surface area contributed by atoms with Crippen LogP contribution in [0.5, 0.6) is 0 Å². The van der Waals surface area contributed by atoms with Gasteiger partial charge in [-0.15, -0.1) is 0 Å². The lowest BCUT2D eigenvalue weighted by Crippen LogP contribution is -2.23. The van der Waals surface area contributed by atoms with Crippen molar-refractivity contribution >= 4 is 100 Å². The van der Waals surface area contributed by atoms with Crippen molar-refractivity contribution in [2.24, 2.45) is 0 Å². The Balaban J connectivity index is 0.000000200. The SMILES string of the molecule is O1[SiH2]O[SiH2]O[SiH2]O[SiH2]O[SiH2]1.O1[SiH2]O[SiH2]O[SiH2]O[SiH2]O[SiH2]1. The van der Waals surface area contributed by atoms with Crippen LogP contribution in [0.15, 0.2) is 0 Å². The second kappa shape index (κ2) is 17.1. The van der Waals surface area contributed by atoms with Crippen molar-refractivity contribution in [2.45, 2.75) is 0 Å². The molecule has 0 N–H and O–H groups in total. The standard InChI is InChI=1S/2H10O5Si5/c2*1-6-2-8-4-10-5-9-3-7-1/h2*6-10H2. The highest BCUT2D eigenvalue weighted by Crippen LogP contribution is 1.80. The Morgan fingerprint density at radius 3 is 0.400 bits per heavy atom. The molecule has 20 heteroatoms. The van der Waals surface area contributed by atoms with Gasteiger partial charge in [-0.25, -0.2) is 0 Å². The average molecular weight is 461 g/mol. The maximum absolute atomic E-state index is 5.17. The third kappa shape index (κ3) is 14.7. The van der Waals surface area contributed by atoms with Crippen molar-refractivity contribution in [2.75, 3.05) is 0 Å². The Morgan fingerprint density at radius 2 is 0.300 bits per heavy atom. The highest BCUT2D eigenvalue weighted by atomic mass is 28.4. The van der Waals surface area contributed by atoms with E-state index in [0.29, 0.717) is 0 Å². The molecule has 2 heterocycles. The smallest absolute Gasteiger partial charge is 0.286 e. The molecule has 0 aromatic rings. The molecule has 0 atom stereocenters. The molecule has 0 aliphatic carbocycles. The summed E-state index contributed by atoms with van der Waals surface area (Å²) in [5.41, 5.74) is 0. The molecule has 2 saturated heterocycles. The van der Waals surface area contributed by atoms with Crippen LogP contribution in [0.1, 0.15) is 0 Å². The third-order valence-electron chi connectivity index (χ3n) is 1.67. The molecule has 0 unspecified atom stereocenters. The molecule has 0 aromatic carbocycles. The molecule has 0 aromatic heterocycles. The normalized spacial score (nSPS) is 36.0. The zero-order valence-corrected chi connectivity index (χ0v) is 25.3. The van der Waals surface area contributed by atoms with Crippen molar-refractivity contribution in [1.29, 1.82) is 0 Å². The maximum atomic E-state index is 5.17. The monoisotopic (exact) mass is 460 g/mol. The largest absolute Gasteiger partial charge is 0.425 e. The van der Waals surface area contributed by atoms with Gasteiger partial charge in [0.2, 0.25) is 0 Å². The zero-order chi connectivity index (χ0) is 14.1. The summed E-state index contributed by atoms with van der Waals surface area (Å²) in [5, 5.41) is 0. The zero-order valence-electron chi connectivity index (χ0n) is 11.2. The Labute approximate surface area is 141 Å². The van der Waals surface area contributed by atoms with E-state index in [1.54, 1.807) is 0 Å². The fraction of sp³-hybridized carbons (Fsp3) is 0. The lowest BCUT2D eigenvalue weighted by molar-refractivity contribution is 0.346. The summed E-state index contributed by atoms with van der Waals surface area (Å²) in [5.74, 6) is 0. The van der Waals surface area contributed by atoms with Gasteiger partial charge in [0.05, 0.1) is 0 Å². The molecule has 2 aliphatic rings. The molecule has 0 bridgehead atoms. The van der Waals surface area contributed by atoms with Crippen molar-refractivity contribution < 1.29 is 41.2 Å². The number of hydrogen-bond acceptors (Lipinski definition) is 10. The Kier molecular flexibility index (Phi) is 17.0. The van der Waals surface area contributed by atoms with Crippen molar-refractivity contribution in [3.05, 3.63) is 0 Å². The topological polar surface area (TPSA) is 92.3 Å². The summed E-state index contributed by atoms with van der Waals surface area (Å²) < 4.78 is 51.7. The molecule has 0 spiro atoms. The second-order valence-corrected chi connectivity index (χ2v) is 21.9. The van der Waals surface area contributed by atoms with E-state index in [0.717, 1.165) is 0 Å². The predicted molar refractivity (Wildman–Crippen MR) is 96.3 cm³/mol. The predicted octanol–water partition coefficient (Wildman–Crippen LogP) is -9.85. The van der Waals surface area contributed by atoms with E-state index in [1.807, 2.05) is 0 Å². The fourth-order valence-corrected chi connectivity index (χ4v) is 19.0. The van der Waals surface area contributed by atoms with Crippen LogP contribution >= 0.6 is 0 Å². The first-order valence-electron chi connectivity index (χ1n) is 5.77. The van der Waals surface area contributed by atoms with E-state index in [4.69, 9.17) is 41.2 Å². The van der Waals surface area contributed by atoms with Crippen LogP contribution < -0.4 is 0 Å². The Hall–Kier alpha value is 1.77. The first kappa shape index (κ1) is 19.8. The minimum absolute atomic E-state index is 0.724. The summed E-state index contributed by atoms with van der Waals surface area (Å²) in [6.07, 6.45) is 0. The van der Waals surface area contributed by atoms with E-state index in [9.17, 15) is 0 Å². The molecule has 120 valence electrons. The van der Waals surface area contributed by atoms with E-state index in [1.165, 1.54) is 0 Å². The lowest BCUT2D eigenvalue weighted by atomic mass is 15.7. The van der Waals surface area contributed by atoms with Crippen LogP contribution in [0.25, 0.3) is 0 Å². The van der Waals surface area contributed by atoms with Crippen LogP contribution in [0, 0.1) is 0 Å². The minimum Gasteiger partial charge on any atom is -0.425 e. The summed E-state index contributed by atoms with van der Waals surface area (Å²) >= 11 is 0. The first-order valence-corrected chi connectivity index (χ1v) is 17.3. The number of hydrogen-bond donors (Lipinski definition) is 0. The van der Waals surface area contributed by atoms with Gasteiger partial charge >= 0.3 is 0 Å². The van der Waals surface area contributed by atoms with Crippen molar-refractivity contribution in [1.82, 2.24) is 0 Å². The van der Waals surface area contributed by atoms with Gasteiger partial charge in [0.1, 0.15) is 0 Å². The number of rotatable bonds is 0. The second-order valence-electron chi connectivity index (χ2n) is 3.22. The van der Waals surface area contributed by atoms with Gasteiger partial charge in [-0.05, 0) is 0 Å². The van der Waals surface area contributed by atoms with Gasteiger partial charge in [-0.3, -0.25) is 0 Å². The highest BCUT2D eigenvalue weighted by Gasteiger charge is 1.98. The third-order valence-corrected chi connectivity index (χ3v) is 15.0. The fourth-order valence-electron chi connectivity index (χ4n) is 0.929. The minimum atomic E-state index is -0.724. The summed E-state index contributed by atoms with van der Waals surface area (Å²) in [6, 6.07) is 0. The molecule has 10 nitrogen and oxygen atoms in total. The summed E-state index contributed by atoms with van der Waals surface area (Å²) in [6.45, 7) is 0. The quantitative estimate of drug-likeness (QED) is 0.324. The van der Waals surface area contributed by atoms with Crippen LogP contribution in [0.2, 0.25) is 0 Å². The summed E-state index contributed by atoms with van der Waals surface area (Å²) in [4.78, 5) is 0. The van der Waals surface area contributed by atoms with E-state index in [-0.39, 0.29) is 0 Å². The molecule has 2 rings (SSSR count). The van der Waals surface area contributed by atoms with Crippen LogP contribution in [0.3, 0.4) is 0 Å². The molecule has 2 fully saturated rings. The van der Waals surface area contributed by atoms with Gasteiger partial charge in [-0.1, -0.05) is 0 Å². The van der Waals surface area contributed by atoms with Crippen molar-refractivity contribution in [3.63, 3.8) is 0 Å². The van der Waals surface area contributed by atoms with Gasteiger partial charge in [-0.2, -0.15) is 0 Å². The molecule has 0 radical (unpaired) electrons. The van der Waals surface area contributed by atoms with Gasteiger partial charge in [0.15, 0.2) is 0 Å². The van der Waals surface area contributed by atoms with Crippen molar-refractivity contribution in [3.8, 4) is 0 Å². The van der Waals surface area contributed by atoms with E-state index in [2.05, 4.69) is 0 Å². The molecular weight excluding hydrogens is 441 g/mol. The van der Waals surface area contributed by atoms with Crippen LogP contribution in [-0.4, -0.2) is 100 Å². The first-order chi connectivity index (χ1) is 10.0. The molecule has 2 aliphatic heterocycles. The average Bonchev–Trinajstić information content (AvgIpc) is 2.52. The van der Waals surface area contributed by atoms with Gasteiger partial charge in [0, 0.05) is 0 Å². The van der Waals surface area contributed by atoms with E-state index < -0.39 is 100 Å². The Bertz CT molecular complexity index is 106.